The second kappa shape index (κ2) is 4.97. The van der Waals surface area contributed by atoms with Gasteiger partial charge in [0.15, 0.2) is 0 Å². The molecule has 1 atom stereocenters. The molecule has 1 aromatic carbocycles. The predicted octanol–water partition coefficient (Wildman–Crippen LogP) is 2.77. The average molecular weight is 253 g/mol. The van der Waals surface area contributed by atoms with Gasteiger partial charge >= 0.3 is 0 Å². The first-order chi connectivity index (χ1) is 9.34. The Labute approximate surface area is 111 Å². The van der Waals surface area contributed by atoms with E-state index >= 15 is 0 Å². The monoisotopic (exact) mass is 253 g/mol. The minimum atomic E-state index is 0.159. The van der Waals surface area contributed by atoms with E-state index in [0.717, 1.165) is 17.1 Å². The zero-order valence-electron chi connectivity index (χ0n) is 10.6. The summed E-state index contributed by atoms with van der Waals surface area (Å²) < 4.78 is 1.99. The molecule has 2 aromatic heterocycles. The fourth-order valence-electron chi connectivity index (χ4n) is 2.04. The highest BCUT2D eigenvalue weighted by Gasteiger charge is 2.09. The van der Waals surface area contributed by atoms with Gasteiger partial charge in [0.2, 0.25) is 0 Å². The summed E-state index contributed by atoms with van der Waals surface area (Å²) in [4.78, 5) is 4.09. The van der Waals surface area contributed by atoms with E-state index in [2.05, 4.69) is 39.6 Å². The maximum atomic E-state index is 4.09. The minimum Gasteiger partial charge on any atom is -0.375 e. The van der Waals surface area contributed by atoms with Crippen LogP contribution in [0.5, 0.6) is 0 Å². The zero-order chi connectivity index (χ0) is 13.1. The minimum absolute atomic E-state index is 0.159. The highest BCUT2D eigenvalue weighted by atomic mass is 15.1. The summed E-state index contributed by atoms with van der Waals surface area (Å²) in [5.74, 6) is 0. The lowest BCUT2D eigenvalue weighted by Crippen LogP contribution is -2.09. The summed E-state index contributed by atoms with van der Waals surface area (Å²) in [5, 5.41) is 10.4. The van der Waals surface area contributed by atoms with Gasteiger partial charge in [0.1, 0.15) is 0 Å². The lowest BCUT2D eigenvalue weighted by atomic mass is 10.2. The maximum Gasteiger partial charge on any atom is 0.0992 e. The molecule has 96 valence electrons. The predicted molar refractivity (Wildman–Crippen MR) is 74.2 cm³/mol. The molecule has 5 heteroatoms. The van der Waals surface area contributed by atoms with Gasteiger partial charge in [-0.05, 0) is 25.1 Å². The van der Waals surface area contributed by atoms with Crippen LogP contribution in [-0.4, -0.2) is 19.7 Å². The van der Waals surface area contributed by atoms with Gasteiger partial charge in [-0.2, -0.15) is 5.10 Å². The molecule has 1 unspecified atom stereocenters. The zero-order valence-corrected chi connectivity index (χ0v) is 10.6. The Hall–Kier alpha value is -2.56. The maximum absolute atomic E-state index is 4.09. The molecular weight excluding hydrogens is 238 g/mol. The van der Waals surface area contributed by atoms with Gasteiger partial charge in [-0.3, -0.25) is 5.10 Å². The Bertz CT molecular complexity index is 628. The number of rotatable bonds is 4. The Kier molecular flexibility index (Phi) is 3.02. The first-order valence-electron chi connectivity index (χ1n) is 6.18. The summed E-state index contributed by atoms with van der Waals surface area (Å²) in [6, 6.07) is 10.3. The van der Waals surface area contributed by atoms with Crippen molar-refractivity contribution in [1.29, 1.82) is 0 Å². The van der Waals surface area contributed by atoms with Gasteiger partial charge in [0.05, 0.1) is 29.4 Å². The van der Waals surface area contributed by atoms with Crippen LogP contribution in [0, 0.1) is 0 Å². The van der Waals surface area contributed by atoms with E-state index in [1.165, 1.54) is 0 Å². The molecule has 0 aliphatic carbocycles. The second-order valence-corrected chi connectivity index (χ2v) is 4.37. The van der Waals surface area contributed by atoms with Gasteiger partial charge < -0.3 is 9.88 Å². The van der Waals surface area contributed by atoms with E-state index in [1.807, 2.05) is 29.0 Å². The molecule has 0 radical (unpaired) electrons. The van der Waals surface area contributed by atoms with Gasteiger partial charge in [-0.25, -0.2) is 4.98 Å². The van der Waals surface area contributed by atoms with Crippen molar-refractivity contribution in [3.05, 3.63) is 60.9 Å². The van der Waals surface area contributed by atoms with Crippen LogP contribution in [0.4, 0.5) is 5.69 Å². The van der Waals surface area contributed by atoms with Crippen LogP contribution in [0.2, 0.25) is 0 Å². The molecule has 2 N–H and O–H groups in total. The van der Waals surface area contributed by atoms with Crippen molar-refractivity contribution in [2.45, 2.75) is 13.0 Å². The Morgan fingerprint density at radius 2 is 2.11 bits per heavy atom. The third-order valence-electron chi connectivity index (χ3n) is 3.05. The van der Waals surface area contributed by atoms with Crippen molar-refractivity contribution >= 4 is 5.69 Å². The molecule has 0 amide bonds. The van der Waals surface area contributed by atoms with Crippen LogP contribution in [-0.2, 0) is 0 Å². The molecule has 0 aliphatic rings. The fraction of sp³-hybridized carbons (Fsp3) is 0.143. The van der Waals surface area contributed by atoms with Crippen LogP contribution in [0.1, 0.15) is 18.7 Å². The molecule has 0 saturated carbocycles. The van der Waals surface area contributed by atoms with Crippen molar-refractivity contribution in [3.8, 4) is 5.69 Å². The highest BCUT2D eigenvalue weighted by molar-refractivity contribution is 5.61. The van der Waals surface area contributed by atoms with Crippen LogP contribution in [0.15, 0.2) is 55.2 Å². The summed E-state index contributed by atoms with van der Waals surface area (Å²) in [6.45, 7) is 2.10. The number of aromatic nitrogens is 4. The number of para-hydroxylation sites is 2. The van der Waals surface area contributed by atoms with Crippen molar-refractivity contribution in [3.63, 3.8) is 0 Å². The molecule has 5 nitrogen and oxygen atoms in total. The number of hydrogen-bond acceptors (Lipinski definition) is 3. The normalized spacial score (nSPS) is 12.3. The summed E-state index contributed by atoms with van der Waals surface area (Å²) in [6.07, 6.45) is 7.26. The Balaban J connectivity index is 1.89. The number of nitrogens with zero attached hydrogens (tertiary/aromatic N) is 3. The van der Waals surface area contributed by atoms with Crippen LogP contribution < -0.4 is 5.32 Å². The summed E-state index contributed by atoms with van der Waals surface area (Å²) >= 11 is 0. The average Bonchev–Trinajstić information content (AvgIpc) is 3.13. The van der Waals surface area contributed by atoms with E-state index in [0.29, 0.717) is 0 Å². The molecule has 0 aliphatic heterocycles. The van der Waals surface area contributed by atoms with E-state index < -0.39 is 0 Å². The first kappa shape index (κ1) is 11.5. The third kappa shape index (κ3) is 2.35. The number of anilines is 1. The van der Waals surface area contributed by atoms with Gasteiger partial charge in [0, 0.05) is 18.6 Å². The molecule has 3 rings (SSSR count). The quantitative estimate of drug-likeness (QED) is 0.751. The van der Waals surface area contributed by atoms with Gasteiger partial charge in [-0.1, -0.05) is 12.1 Å². The van der Waals surface area contributed by atoms with Crippen LogP contribution >= 0.6 is 0 Å². The molecule has 0 spiro atoms. The number of nitrogens with one attached hydrogen (secondary N) is 2. The largest absolute Gasteiger partial charge is 0.375 e. The molecule has 0 bridgehead atoms. The van der Waals surface area contributed by atoms with Crippen molar-refractivity contribution in [1.82, 2.24) is 19.7 Å². The lowest BCUT2D eigenvalue weighted by Gasteiger charge is -2.17. The molecule has 0 fully saturated rings. The molecule has 2 heterocycles. The van der Waals surface area contributed by atoms with Gasteiger partial charge in [0.25, 0.3) is 0 Å². The standard InChI is InChI=1S/C14H15N5/c1-11(12-6-7-16-18-12)17-13-4-2-3-5-14(13)19-9-8-15-10-19/h2-11,17H,1H3,(H,16,18). The number of H-pyrrole nitrogens is 1. The first-order valence-corrected chi connectivity index (χ1v) is 6.18. The van der Waals surface area contributed by atoms with Crippen molar-refractivity contribution < 1.29 is 0 Å². The number of hydrogen-bond donors (Lipinski definition) is 2. The van der Waals surface area contributed by atoms with Crippen molar-refractivity contribution in [2.75, 3.05) is 5.32 Å². The number of benzene rings is 1. The topological polar surface area (TPSA) is 58.5 Å². The van der Waals surface area contributed by atoms with Crippen LogP contribution in [0.3, 0.4) is 0 Å². The number of aromatic amines is 1. The van der Waals surface area contributed by atoms with E-state index in [9.17, 15) is 0 Å². The number of imidazole rings is 1. The molecule has 0 saturated heterocycles. The third-order valence-corrected chi connectivity index (χ3v) is 3.05. The summed E-state index contributed by atoms with van der Waals surface area (Å²) in [7, 11) is 0. The van der Waals surface area contributed by atoms with Crippen LogP contribution in [0.25, 0.3) is 5.69 Å². The summed E-state index contributed by atoms with van der Waals surface area (Å²) in [5.41, 5.74) is 3.19. The Morgan fingerprint density at radius 1 is 1.21 bits per heavy atom. The second-order valence-electron chi connectivity index (χ2n) is 4.37. The van der Waals surface area contributed by atoms with Gasteiger partial charge in [-0.15, -0.1) is 0 Å². The molecule has 3 aromatic rings. The molecular formula is C14H15N5. The fourth-order valence-corrected chi connectivity index (χ4v) is 2.04. The molecule has 19 heavy (non-hydrogen) atoms. The van der Waals surface area contributed by atoms with E-state index in [4.69, 9.17) is 0 Å². The van der Waals surface area contributed by atoms with E-state index in [-0.39, 0.29) is 6.04 Å². The van der Waals surface area contributed by atoms with Crippen molar-refractivity contribution in [2.24, 2.45) is 0 Å². The van der Waals surface area contributed by atoms with E-state index in [1.54, 1.807) is 18.7 Å². The Morgan fingerprint density at radius 3 is 2.84 bits per heavy atom. The smallest absolute Gasteiger partial charge is 0.0992 e. The highest BCUT2D eigenvalue weighted by Crippen LogP contribution is 2.24. The lowest BCUT2D eigenvalue weighted by molar-refractivity contribution is 0.823. The SMILES string of the molecule is CC(Nc1ccccc1-n1ccnc1)c1ccn[nH]1.